The van der Waals surface area contributed by atoms with Gasteiger partial charge in [0, 0.05) is 11.5 Å². The summed E-state index contributed by atoms with van der Waals surface area (Å²) in [6, 6.07) is 24.1. The van der Waals surface area contributed by atoms with E-state index in [1.54, 1.807) is 24.3 Å². The molecule has 3 aromatic carbocycles. The van der Waals surface area contributed by atoms with E-state index in [2.05, 4.69) is 34.9 Å². The quantitative estimate of drug-likeness (QED) is 0.319. The van der Waals surface area contributed by atoms with E-state index >= 15 is 0 Å². The predicted octanol–water partition coefficient (Wildman–Crippen LogP) is 4.71. The first-order chi connectivity index (χ1) is 18.6. The zero-order chi connectivity index (χ0) is 26.3. The van der Waals surface area contributed by atoms with Gasteiger partial charge < -0.3 is 20.1 Å². The SMILES string of the molecule is O=C(N[C@H](CC1CCNCC1)C(=O)OCC(=O)c1ccccc1)OCC1c2ccccc2-c2ccccc21. The third-order valence-electron chi connectivity index (χ3n) is 7.39. The molecule has 1 aliphatic carbocycles. The standard InChI is InChI=1S/C31H32N2O5/c34-29(22-8-2-1-3-9-22)20-37-30(35)28(18-21-14-16-32-17-15-21)33-31(36)38-19-27-25-12-6-4-10-23(25)24-11-5-7-13-26(24)27/h1-13,21,27-28,32H,14-20H2,(H,33,36)/t28-/m1/s1. The first-order valence-electron chi connectivity index (χ1n) is 13.2. The molecule has 0 bridgehead atoms. The van der Waals surface area contributed by atoms with E-state index in [1.807, 2.05) is 30.3 Å². The lowest BCUT2D eigenvalue weighted by atomic mass is 9.91. The molecule has 3 aromatic rings. The number of hydrogen-bond acceptors (Lipinski definition) is 6. The number of nitrogens with one attached hydrogen (secondary N) is 2. The average molecular weight is 513 g/mol. The van der Waals surface area contributed by atoms with E-state index < -0.39 is 18.1 Å². The third-order valence-corrected chi connectivity index (χ3v) is 7.39. The molecule has 1 aliphatic heterocycles. The van der Waals surface area contributed by atoms with Crippen LogP contribution in [0.25, 0.3) is 11.1 Å². The average Bonchev–Trinajstić information content (AvgIpc) is 3.29. The molecule has 1 amide bonds. The fourth-order valence-electron chi connectivity index (χ4n) is 5.39. The number of hydrogen-bond donors (Lipinski definition) is 2. The number of benzene rings is 3. The Morgan fingerprint density at radius 1 is 0.816 bits per heavy atom. The minimum Gasteiger partial charge on any atom is -0.456 e. The monoisotopic (exact) mass is 512 g/mol. The number of carbonyl (C=O) groups excluding carboxylic acids is 3. The van der Waals surface area contributed by atoms with Gasteiger partial charge in [0.05, 0.1) is 0 Å². The summed E-state index contributed by atoms with van der Waals surface area (Å²) in [7, 11) is 0. The summed E-state index contributed by atoms with van der Waals surface area (Å²) in [5, 5.41) is 6.04. The summed E-state index contributed by atoms with van der Waals surface area (Å²) in [6.45, 7) is 1.51. The molecule has 38 heavy (non-hydrogen) atoms. The zero-order valence-corrected chi connectivity index (χ0v) is 21.2. The van der Waals surface area contributed by atoms with Crippen LogP contribution in [0.15, 0.2) is 78.9 Å². The number of piperidine rings is 1. The number of amides is 1. The Morgan fingerprint density at radius 2 is 1.42 bits per heavy atom. The van der Waals surface area contributed by atoms with Gasteiger partial charge >= 0.3 is 12.1 Å². The fourth-order valence-corrected chi connectivity index (χ4v) is 5.39. The molecule has 7 nitrogen and oxygen atoms in total. The Labute approximate surface area is 222 Å². The number of ketones is 1. The van der Waals surface area contributed by atoms with Crippen molar-refractivity contribution in [2.24, 2.45) is 5.92 Å². The van der Waals surface area contributed by atoms with Gasteiger partial charge in [0.2, 0.25) is 0 Å². The molecule has 1 saturated heterocycles. The number of carbonyl (C=O) groups is 3. The van der Waals surface area contributed by atoms with Crippen molar-refractivity contribution in [3.63, 3.8) is 0 Å². The van der Waals surface area contributed by atoms with E-state index in [9.17, 15) is 14.4 Å². The van der Waals surface area contributed by atoms with E-state index in [4.69, 9.17) is 9.47 Å². The third kappa shape index (κ3) is 5.94. The molecule has 1 fully saturated rings. The highest BCUT2D eigenvalue weighted by molar-refractivity contribution is 5.98. The second-order valence-corrected chi connectivity index (χ2v) is 9.85. The summed E-state index contributed by atoms with van der Waals surface area (Å²) >= 11 is 0. The molecular formula is C31H32N2O5. The van der Waals surface area contributed by atoms with Crippen LogP contribution in [-0.2, 0) is 14.3 Å². The minimum absolute atomic E-state index is 0.0773. The van der Waals surface area contributed by atoms with Crippen LogP contribution in [0.1, 0.15) is 46.7 Å². The van der Waals surface area contributed by atoms with Gasteiger partial charge in [-0.15, -0.1) is 0 Å². The molecule has 0 unspecified atom stereocenters. The van der Waals surface area contributed by atoms with Gasteiger partial charge in [-0.05, 0) is 60.5 Å². The van der Waals surface area contributed by atoms with Crippen LogP contribution in [0.3, 0.4) is 0 Å². The maximum Gasteiger partial charge on any atom is 0.407 e. The van der Waals surface area contributed by atoms with E-state index in [0.717, 1.165) is 48.2 Å². The molecule has 1 heterocycles. The van der Waals surface area contributed by atoms with E-state index in [0.29, 0.717) is 12.0 Å². The lowest BCUT2D eigenvalue weighted by molar-refractivity contribution is -0.145. The van der Waals surface area contributed by atoms with Crippen LogP contribution in [0.5, 0.6) is 0 Å². The Morgan fingerprint density at radius 3 is 2.08 bits per heavy atom. The summed E-state index contributed by atoms with van der Waals surface area (Å²) in [5.41, 5.74) is 5.00. The maximum atomic E-state index is 13.0. The van der Waals surface area contributed by atoms with Crippen molar-refractivity contribution in [2.45, 2.75) is 31.2 Å². The summed E-state index contributed by atoms with van der Waals surface area (Å²) in [6.07, 6.45) is 1.57. The molecule has 0 aromatic heterocycles. The Kier molecular flexibility index (Phi) is 8.14. The number of esters is 1. The van der Waals surface area contributed by atoms with Crippen LogP contribution in [-0.4, -0.2) is 50.2 Å². The van der Waals surface area contributed by atoms with Gasteiger partial charge in [-0.1, -0.05) is 78.9 Å². The largest absolute Gasteiger partial charge is 0.456 e. The second kappa shape index (κ2) is 12.0. The van der Waals surface area contributed by atoms with Crippen LogP contribution in [0.4, 0.5) is 4.79 Å². The second-order valence-electron chi connectivity index (χ2n) is 9.85. The molecule has 1 atom stereocenters. The highest BCUT2D eigenvalue weighted by atomic mass is 16.6. The van der Waals surface area contributed by atoms with Crippen LogP contribution >= 0.6 is 0 Å². The first kappa shape index (κ1) is 25.7. The van der Waals surface area contributed by atoms with Crippen molar-refractivity contribution in [1.82, 2.24) is 10.6 Å². The van der Waals surface area contributed by atoms with Crippen LogP contribution in [0.2, 0.25) is 0 Å². The first-order valence-corrected chi connectivity index (χ1v) is 13.2. The molecule has 2 aliphatic rings. The maximum absolute atomic E-state index is 13.0. The Balaban J connectivity index is 1.22. The molecule has 0 radical (unpaired) electrons. The highest BCUT2D eigenvalue weighted by Crippen LogP contribution is 2.44. The molecule has 196 valence electrons. The van der Waals surface area contributed by atoms with Crippen molar-refractivity contribution in [3.05, 3.63) is 95.6 Å². The summed E-state index contributed by atoms with van der Waals surface area (Å²) in [4.78, 5) is 38.4. The van der Waals surface area contributed by atoms with Gasteiger partial charge in [0.1, 0.15) is 12.6 Å². The van der Waals surface area contributed by atoms with Gasteiger partial charge in [0.25, 0.3) is 0 Å². The Hall–Kier alpha value is -3.97. The molecule has 2 N–H and O–H groups in total. The van der Waals surface area contributed by atoms with Gasteiger partial charge in [0.15, 0.2) is 12.4 Å². The van der Waals surface area contributed by atoms with E-state index in [1.165, 1.54) is 0 Å². The number of ether oxygens (including phenoxy) is 2. The number of alkyl carbamates (subject to hydrolysis) is 1. The lowest BCUT2D eigenvalue weighted by Crippen LogP contribution is -2.45. The van der Waals surface area contributed by atoms with Gasteiger partial charge in [-0.3, -0.25) is 4.79 Å². The summed E-state index contributed by atoms with van der Waals surface area (Å²) in [5.74, 6) is -0.735. The predicted molar refractivity (Wildman–Crippen MR) is 144 cm³/mol. The normalized spacial score (nSPS) is 15.7. The van der Waals surface area contributed by atoms with Crippen LogP contribution < -0.4 is 10.6 Å². The topological polar surface area (TPSA) is 93.7 Å². The highest BCUT2D eigenvalue weighted by Gasteiger charge is 2.31. The van der Waals surface area contributed by atoms with E-state index in [-0.39, 0.29) is 30.8 Å². The van der Waals surface area contributed by atoms with Crippen molar-refractivity contribution in [1.29, 1.82) is 0 Å². The molecule has 7 heteroatoms. The van der Waals surface area contributed by atoms with Crippen molar-refractivity contribution in [3.8, 4) is 11.1 Å². The van der Waals surface area contributed by atoms with Crippen molar-refractivity contribution in [2.75, 3.05) is 26.3 Å². The smallest absolute Gasteiger partial charge is 0.407 e. The molecule has 0 spiro atoms. The minimum atomic E-state index is -0.891. The number of Topliss-reactive ketones (excluding diaryl/α,β-unsaturated/α-hetero) is 1. The van der Waals surface area contributed by atoms with Gasteiger partial charge in [-0.25, -0.2) is 9.59 Å². The van der Waals surface area contributed by atoms with Crippen molar-refractivity contribution >= 4 is 17.8 Å². The molecule has 5 rings (SSSR count). The molecule has 0 saturated carbocycles. The summed E-state index contributed by atoms with van der Waals surface area (Å²) < 4.78 is 11.0. The zero-order valence-electron chi connectivity index (χ0n) is 21.2. The van der Waals surface area contributed by atoms with Gasteiger partial charge in [-0.2, -0.15) is 0 Å². The fraction of sp³-hybridized carbons (Fsp3) is 0.323. The van der Waals surface area contributed by atoms with Crippen molar-refractivity contribution < 1.29 is 23.9 Å². The molecular weight excluding hydrogens is 480 g/mol. The number of rotatable bonds is 9. The number of fused-ring (bicyclic) bond motifs is 3. The lowest BCUT2D eigenvalue weighted by Gasteiger charge is -2.26. The van der Waals surface area contributed by atoms with Crippen LogP contribution in [0, 0.1) is 5.92 Å². The Bertz CT molecular complexity index is 1240.